The van der Waals surface area contributed by atoms with Crippen LogP contribution in [0.1, 0.15) is 31.8 Å². The first kappa shape index (κ1) is 41.4. The molecule has 19 heteroatoms. The van der Waals surface area contributed by atoms with Crippen molar-refractivity contribution in [3.05, 3.63) is 132 Å². The fourth-order valence-electron chi connectivity index (χ4n) is 9.85. The second-order valence-electron chi connectivity index (χ2n) is 17.4. The highest BCUT2D eigenvalue weighted by atomic mass is 19.1. The summed E-state index contributed by atoms with van der Waals surface area (Å²) in [4.78, 5) is 54.8. The first-order valence-electron chi connectivity index (χ1n) is 22.5. The van der Waals surface area contributed by atoms with E-state index in [1.54, 1.807) is 35.4 Å². The normalized spacial score (nSPS) is 17.9. The van der Waals surface area contributed by atoms with E-state index in [9.17, 15) is 19.1 Å². The highest BCUT2D eigenvalue weighted by Gasteiger charge is 2.33. The number of carbonyl (C=O) groups is 2. The number of nitrogens with one attached hydrogen (secondary N) is 5. The molecule has 18 nitrogen and oxygen atoms in total. The zero-order valence-electron chi connectivity index (χ0n) is 36.8. The molecule has 68 heavy (non-hydrogen) atoms. The van der Waals surface area contributed by atoms with Crippen LogP contribution in [0, 0.1) is 5.82 Å². The molecule has 0 radical (unpaired) electrons. The van der Waals surface area contributed by atoms with E-state index in [0.717, 1.165) is 63.6 Å². The number of morpholine rings is 1. The van der Waals surface area contributed by atoms with E-state index < -0.39 is 6.10 Å². The zero-order chi connectivity index (χ0) is 46.0. The van der Waals surface area contributed by atoms with Crippen LogP contribution in [0.2, 0.25) is 0 Å². The largest absolute Gasteiger partial charge is 0.394 e. The molecular weight excluding hydrogens is 868 g/mol. The number of likely N-dealkylation sites (N-methyl/N-ethyl adjacent to an activating group) is 1. The molecule has 1 unspecified atom stereocenters. The minimum Gasteiger partial charge on any atom is -0.394 e. The molecule has 2 amide bonds. The van der Waals surface area contributed by atoms with Gasteiger partial charge in [-0.3, -0.25) is 19.0 Å². The van der Waals surface area contributed by atoms with Gasteiger partial charge in [-0.2, -0.15) is 0 Å². The third kappa shape index (κ3) is 7.18. The van der Waals surface area contributed by atoms with Gasteiger partial charge < -0.3 is 50.8 Å². The first-order chi connectivity index (χ1) is 33.3. The number of aliphatic hydroxyl groups is 1. The number of hydrogen-bond donors (Lipinski definition) is 6. The number of carbonyl (C=O) groups excluding carboxylic acids is 2. The molecule has 8 aromatic rings. The highest BCUT2D eigenvalue weighted by molar-refractivity contribution is 6.07. The van der Waals surface area contributed by atoms with Crippen LogP contribution in [0.5, 0.6) is 0 Å². The molecule has 2 saturated heterocycles. The van der Waals surface area contributed by atoms with E-state index in [4.69, 9.17) is 24.7 Å². The lowest BCUT2D eigenvalue weighted by atomic mass is 9.99. The van der Waals surface area contributed by atoms with E-state index in [-0.39, 0.29) is 30.3 Å². The molecule has 4 aliphatic heterocycles. The molecule has 0 saturated carbocycles. The number of rotatable bonds is 12. The Hall–Kier alpha value is -8.00. The summed E-state index contributed by atoms with van der Waals surface area (Å²) in [5.74, 6) is 1.30. The smallest absolute Gasteiger partial charge is 0.254 e. The Morgan fingerprint density at radius 1 is 0.824 bits per heavy atom. The molecule has 2 atom stereocenters. The summed E-state index contributed by atoms with van der Waals surface area (Å²) in [6.45, 7) is 3.60. The van der Waals surface area contributed by atoms with E-state index in [0.29, 0.717) is 84.3 Å². The molecule has 12 rings (SSSR count). The Morgan fingerprint density at radius 3 is 2.49 bits per heavy atom. The Labute approximate surface area is 388 Å². The van der Waals surface area contributed by atoms with Crippen molar-refractivity contribution in [2.45, 2.75) is 37.8 Å². The van der Waals surface area contributed by atoms with Crippen molar-refractivity contribution < 1.29 is 23.8 Å². The molecule has 0 bridgehead atoms. The maximum atomic E-state index is 13.9. The van der Waals surface area contributed by atoms with E-state index in [2.05, 4.69) is 45.9 Å². The molecule has 0 spiro atoms. The second-order valence-corrected chi connectivity index (χ2v) is 17.4. The van der Waals surface area contributed by atoms with E-state index >= 15 is 0 Å². The number of amides is 2. The third-order valence-electron chi connectivity index (χ3n) is 13.4. The fourth-order valence-corrected chi connectivity index (χ4v) is 9.85. The quantitative estimate of drug-likeness (QED) is 0.0957. The number of halogens is 1. The number of aliphatic hydroxyl groups excluding tert-OH is 1. The van der Waals surface area contributed by atoms with E-state index in [1.807, 2.05) is 67.8 Å². The number of anilines is 6. The van der Waals surface area contributed by atoms with Gasteiger partial charge >= 0.3 is 0 Å². The highest BCUT2D eigenvalue weighted by Crippen LogP contribution is 2.38. The summed E-state index contributed by atoms with van der Waals surface area (Å²) in [7, 11) is 1.96. The minimum atomic E-state index is -0.393. The molecule has 342 valence electrons. The molecule has 0 aliphatic carbocycles. The summed E-state index contributed by atoms with van der Waals surface area (Å²) in [6, 6.07) is 20.5. The Bertz CT molecular complexity index is 3300. The lowest BCUT2D eigenvalue weighted by Crippen LogP contribution is -2.57. The van der Waals surface area contributed by atoms with Gasteiger partial charge in [-0.15, -0.1) is 0 Å². The third-order valence-corrected chi connectivity index (χ3v) is 13.4. The summed E-state index contributed by atoms with van der Waals surface area (Å²) in [5, 5.41) is 27.0. The van der Waals surface area contributed by atoms with Gasteiger partial charge in [0.2, 0.25) is 0 Å². The van der Waals surface area contributed by atoms with Crippen molar-refractivity contribution in [2.75, 3.05) is 60.3 Å². The van der Waals surface area contributed by atoms with Crippen LogP contribution in [0.15, 0.2) is 104 Å². The Morgan fingerprint density at radius 2 is 1.66 bits per heavy atom. The van der Waals surface area contributed by atoms with Crippen LogP contribution in [-0.4, -0.2) is 109 Å². The standard InChI is InChI=1S/C49H45FN14O4/c1-51-28-21-62(22-28)42-4-2-3-41(60-42)59-38-19-55-46(36-18-57-49(67)45(36)38)33-9-12-52-47-34(33)11-13-61(47)23-30-26-68-31(25-65)24-64(30)29-5-8-40(53-16-29)58-37-7-6-32(35-17-56-48(66)44(35)37)39-20-54-43-15-27(50)10-14-63(39)43/h2-16,19-20,28,30-31,51,65H,17-18,21-26H2,1H3,(H,53,58)(H,56,66)(H,57,67)(H,59,60)/t30?,31-/m1/s1. The van der Waals surface area contributed by atoms with Gasteiger partial charge in [0.15, 0.2) is 0 Å². The maximum absolute atomic E-state index is 13.9. The SMILES string of the molecule is CNC1CN(c2cccc(Nc3cnc(-c4ccnc5c4ccn5CC4CO[C@@H](CO)CN4c4ccc(Nc5ccc(-c6cnc7cc(F)ccn67)c6c5C(=O)NC6)nc4)c4c3C(=O)NC4)n2)C1. The van der Waals surface area contributed by atoms with Gasteiger partial charge in [0, 0.05) is 92.0 Å². The number of imidazole rings is 1. The predicted molar refractivity (Wildman–Crippen MR) is 254 cm³/mol. The number of hydrogen-bond acceptors (Lipinski definition) is 14. The van der Waals surface area contributed by atoms with Gasteiger partial charge in [-0.05, 0) is 61.1 Å². The predicted octanol–water partition coefficient (Wildman–Crippen LogP) is 4.99. The van der Waals surface area contributed by atoms with Gasteiger partial charge in [-0.1, -0.05) is 12.1 Å². The lowest BCUT2D eigenvalue weighted by molar-refractivity contribution is -0.0152. The van der Waals surface area contributed by atoms with Gasteiger partial charge in [0.05, 0.1) is 83.5 Å². The number of pyridine rings is 5. The maximum Gasteiger partial charge on any atom is 0.254 e. The zero-order valence-corrected chi connectivity index (χ0v) is 36.8. The van der Waals surface area contributed by atoms with Crippen LogP contribution in [0.3, 0.4) is 0 Å². The van der Waals surface area contributed by atoms with Crippen molar-refractivity contribution in [3.63, 3.8) is 0 Å². The molecule has 1 aromatic carbocycles. The van der Waals surface area contributed by atoms with Crippen LogP contribution >= 0.6 is 0 Å². The number of fused-ring (bicyclic) bond motifs is 4. The molecule has 6 N–H and O–H groups in total. The average Bonchev–Trinajstić information content (AvgIpc) is 4.15. The van der Waals surface area contributed by atoms with Gasteiger partial charge in [0.1, 0.15) is 34.6 Å². The molecule has 11 heterocycles. The van der Waals surface area contributed by atoms with Crippen molar-refractivity contribution in [1.82, 2.24) is 49.8 Å². The van der Waals surface area contributed by atoms with Crippen molar-refractivity contribution in [1.29, 1.82) is 0 Å². The number of aromatic nitrogens is 7. The first-order valence-corrected chi connectivity index (χ1v) is 22.5. The summed E-state index contributed by atoms with van der Waals surface area (Å²) in [5.41, 5.74) is 9.07. The van der Waals surface area contributed by atoms with Crippen molar-refractivity contribution in [3.8, 4) is 22.5 Å². The minimum absolute atomic E-state index is 0.134. The molecule has 4 aliphatic rings. The topological polar surface area (TPSA) is 204 Å². The van der Waals surface area contributed by atoms with Crippen LogP contribution in [0.4, 0.5) is 38.9 Å². The van der Waals surface area contributed by atoms with Crippen LogP contribution in [0.25, 0.3) is 39.2 Å². The summed E-state index contributed by atoms with van der Waals surface area (Å²) in [6.07, 6.45) is 10.2. The van der Waals surface area contributed by atoms with Gasteiger partial charge in [0.25, 0.3) is 11.8 Å². The summed E-state index contributed by atoms with van der Waals surface area (Å²) < 4.78 is 24.0. The summed E-state index contributed by atoms with van der Waals surface area (Å²) >= 11 is 0. The Balaban J connectivity index is 0.791. The molecular formula is C49H45FN14O4. The number of ether oxygens (including phenoxy) is 1. The van der Waals surface area contributed by atoms with E-state index in [1.165, 1.54) is 12.1 Å². The molecule has 2 fully saturated rings. The van der Waals surface area contributed by atoms with Gasteiger partial charge in [-0.25, -0.2) is 24.3 Å². The van der Waals surface area contributed by atoms with Crippen molar-refractivity contribution >= 4 is 63.0 Å². The number of nitrogens with zero attached hydrogens (tertiary/aromatic N) is 9. The van der Waals surface area contributed by atoms with Crippen molar-refractivity contribution in [2.24, 2.45) is 0 Å². The lowest BCUT2D eigenvalue weighted by Gasteiger charge is -2.40. The molecule has 7 aromatic heterocycles. The average molecular weight is 913 g/mol. The number of benzene rings is 1. The monoisotopic (exact) mass is 912 g/mol. The second kappa shape index (κ2) is 16.7. The fraction of sp³-hybridized carbons (Fsp3) is 0.245. The Kier molecular flexibility index (Phi) is 10.2. The van der Waals surface area contributed by atoms with Crippen LogP contribution < -0.4 is 36.4 Å². The van der Waals surface area contributed by atoms with Crippen LogP contribution in [-0.2, 0) is 24.4 Å².